The van der Waals surface area contributed by atoms with Gasteiger partial charge in [0, 0.05) is 17.7 Å². The summed E-state index contributed by atoms with van der Waals surface area (Å²) in [6.07, 6.45) is 0.913. The van der Waals surface area contributed by atoms with Crippen LogP contribution in [0.3, 0.4) is 0 Å². The van der Waals surface area contributed by atoms with Crippen LogP contribution < -0.4 is 4.90 Å². The number of hydrogen-bond acceptors (Lipinski definition) is 1. The lowest BCUT2D eigenvalue weighted by Crippen LogP contribution is -2.26. The summed E-state index contributed by atoms with van der Waals surface area (Å²) in [6.45, 7) is 0. The van der Waals surface area contributed by atoms with Gasteiger partial charge < -0.3 is 4.90 Å². The Labute approximate surface area is 298 Å². The topological polar surface area (TPSA) is 3.24 Å². The fraction of sp³-hybridized carbons (Fsp3) is 0.0400. The largest absolute Gasteiger partial charge is 0.310 e. The van der Waals surface area contributed by atoms with E-state index in [0.717, 1.165) is 12.1 Å². The maximum absolute atomic E-state index is 2.54. The number of anilines is 3. The molecular formula is C50H33N. The Bertz CT molecular complexity index is 2620. The summed E-state index contributed by atoms with van der Waals surface area (Å²) >= 11 is 0. The van der Waals surface area contributed by atoms with Crippen molar-refractivity contribution < 1.29 is 0 Å². The lowest BCUT2D eigenvalue weighted by atomic mass is 9.70. The SMILES string of the molecule is c1ccc(-c2ccc(N(c3cccc4c3Cc3ccccc3-4)c3cccc4c3-c3ccccc3C43c4ccccc4-c4ccccc43)cc2)cc1. The summed E-state index contributed by atoms with van der Waals surface area (Å²) in [4.78, 5) is 2.54. The zero-order chi connectivity index (χ0) is 33.5. The molecule has 0 amide bonds. The predicted molar refractivity (Wildman–Crippen MR) is 211 cm³/mol. The van der Waals surface area contributed by atoms with E-state index in [1.807, 2.05) is 0 Å². The Balaban J connectivity index is 1.20. The van der Waals surface area contributed by atoms with Gasteiger partial charge in [-0.1, -0.05) is 164 Å². The maximum Gasteiger partial charge on any atom is 0.0726 e. The molecule has 0 saturated carbocycles. The van der Waals surface area contributed by atoms with Gasteiger partial charge in [-0.15, -0.1) is 0 Å². The van der Waals surface area contributed by atoms with E-state index in [2.05, 4.69) is 193 Å². The van der Waals surface area contributed by atoms with E-state index in [-0.39, 0.29) is 0 Å². The van der Waals surface area contributed by atoms with Crippen molar-refractivity contribution in [1.82, 2.24) is 0 Å². The van der Waals surface area contributed by atoms with Crippen molar-refractivity contribution in [2.45, 2.75) is 11.8 Å². The highest BCUT2D eigenvalue weighted by molar-refractivity contribution is 6.02. The van der Waals surface area contributed by atoms with Crippen LogP contribution in [-0.2, 0) is 11.8 Å². The molecule has 0 N–H and O–H groups in total. The van der Waals surface area contributed by atoms with Crippen LogP contribution in [0.5, 0.6) is 0 Å². The molecule has 8 aromatic rings. The molecule has 3 aliphatic carbocycles. The van der Waals surface area contributed by atoms with E-state index < -0.39 is 5.41 Å². The van der Waals surface area contributed by atoms with Crippen molar-refractivity contribution in [1.29, 1.82) is 0 Å². The van der Waals surface area contributed by atoms with Crippen LogP contribution >= 0.6 is 0 Å². The minimum Gasteiger partial charge on any atom is -0.310 e. The van der Waals surface area contributed by atoms with Gasteiger partial charge in [-0.2, -0.15) is 0 Å². The molecule has 238 valence electrons. The molecule has 0 heterocycles. The number of hydrogen-bond donors (Lipinski definition) is 0. The maximum atomic E-state index is 2.54. The van der Waals surface area contributed by atoms with Gasteiger partial charge in [-0.3, -0.25) is 0 Å². The van der Waals surface area contributed by atoms with Gasteiger partial charge in [0.1, 0.15) is 0 Å². The van der Waals surface area contributed by atoms with Gasteiger partial charge >= 0.3 is 0 Å². The third-order valence-corrected chi connectivity index (χ3v) is 11.5. The van der Waals surface area contributed by atoms with Crippen molar-refractivity contribution in [3.8, 4) is 44.5 Å². The molecule has 3 aliphatic rings. The monoisotopic (exact) mass is 647 g/mol. The van der Waals surface area contributed by atoms with Gasteiger partial charge in [-0.25, -0.2) is 0 Å². The van der Waals surface area contributed by atoms with E-state index in [1.165, 1.54) is 89.3 Å². The van der Waals surface area contributed by atoms with E-state index >= 15 is 0 Å². The minimum absolute atomic E-state index is 0.396. The predicted octanol–water partition coefficient (Wildman–Crippen LogP) is 12.7. The highest BCUT2D eigenvalue weighted by atomic mass is 15.1. The molecule has 0 aromatic heterocycles. The fourth-order valence-electron chi connectivity index (χ4n) is 9.50. The summed E-state index contributed by atoms with van der Waals surface area (Å²) < 4.78 is 0. The molecule has 1 nitrogen and oxygen atoms in total. The van der Waals surface area contributed by atoms with Gasteiger partial charge in [0.25, 0.3) is 0 Å². The zero-order valence-electron chi connectivity index (χ0n) is 28.1. The highest BCUT2D eigenvalue weighted by Crippen LogP contribution is 2.64. The standard InChI is InChI=1S/C50H33N/c1-2-14-33(15-3-1)34-28-30-36(31-29-34)51(47-26-12-21-38-37-17-5-4-16-35(37)32-42(38)47)48-27-13-25-46-49(48)41-20-8-11-24-45(41)50(46)43-22-9-6-18-39(43)40-19-7-10-23-44(40)50/h1-31H,32H2. The van der Waals surface area contributed by atoms with Gasteiger partial charge in [0.15, 0.2) is 0 Å². The molecule has 0 fully saturated rings. The first-order chi connectivity index (χ1) is 25.3. The van der Waals surface area contributed by atoms with Crippen molar-refractivity contribution in [3.63, 3.8) is 0 Å². The molecule has 0 aliphatic heterocycles. The van der Waals surface area contributed by atoms with Crippen LogP contribution in [0.2, 0.25) is 0 Å². The summed E-state index contributed by atoms with van der Waals surface area (Å²) in [7, 11) is 0. The Morgan fingerprint density at radius 1 is 0.353 bits per heavy atom. The summed E-state index contributed by atoms with van der Waals surface area (Å²) in [5.74, 6) is 0. The molecule has 8 aromatic carbocycles. The van der Waals surface area contributed by atoms with Crippen LogP contribution in [0.25, 0.3) is 44.5 Å². The van der Waals surface area contributed by atoms with Crippen molar-refractivity contribution in [3.05, 3.63) is 221 Å². The van der Waals surface area contributed by atoms with Crippen LogP contribution in [-0.4, -0.2) is 0 Å². The number of nitrogens with zero attached hydrogens (tertiary/aromatic N) is 1. The summed E-state index contributed by atoms with van der Waals surface area (Å²) in [5, 5.41) is 0. The van der Waals surface area contributed by atoms with Crippen LogP contribution in [0.4, 0.5) is 17.1 Å². The zero-order valence-corrected chi connectivity index (χ0v) is 28.1. The van der Waals surface area contributed by atoms with Crippen LogP contribution in [0.1, 0.15) is 33.4 Å². The molecular weight excluding hydrogens is 615 g/mol. The molecule has 0 saturated heterocycles. The minimum atomic E-state index is -0.396. The van der Waals surface area contributed by atoms with Crippen molar-refractivity contribution >= 4 is 17.1 Å². The van der Waals surface area contributed by atoms with E-state index in [0.29, 0.717) is 0 Å². The van der Waals surface area contributed by atoms with Crippen LogP contribution in [0.15, 0.2) is 188 Å². The average molecular weight is 648 g/mol. The van der Waals surface area contributed by atoms with Crippen molar-refractivity contribution in [2.75, 3.05) is 4.90 Å². The lowest BCUT2D eigenvalue weighted by Gasteiger charge is -2.32. The Morgan fingerprint density at radius 3 is 1.59 bits per heavy atom. The number of fused-ring (bicyclic) bond motifs is 13. The first-order valence-electron chi connectivity index (χ1n) is 17.9. The Morgan fingerprint density at radius 2 is 0.863 bits per heavy atom. The second-order valence-electron chi connectivity index (χ2n) is 14.0. The molecule has 51 heavy (non-hydrogen) atoms. The molecule has 0 atom stereocenters. The second kappa shape index (κ2) is 10.8. The average Bonchev–Trinajstić information content (AvgIpc) is 3.84. The number of rotatable bonds is 4. The second-order valence-corrected chi connectivity index (χ2v) is 14.0. The molecule has 1 spiro atoms. The highest BCUT2D eigenvalue weighted by Gasteiger charge is 2.52. The van der Waals surface area contributed by atoms with Gasteiger partial charge in [0.05, 0.1) is 16.8 Å². The molecule has 0 unspecified atom stereocenters. The quantitative estimate of drug-likeness (QED) is 0.184. The third kappa shape index (κ3) is 3.86. The third-order valence-electron chi connectivity index (χ3n) is 11.5. The van der Waals surface area contributed by atoms with E-state index in [1.54, 1.807) is 0 Å². The molecule has 1 heteroatoms. The van der Waals surface area contributed by atoms with Gasteiger partial charge in [-0.05, 0) is 96.6 Å². The summed E-state index contributed by atoms with van der Waals surface area (Å²) in [5.41, 5.74) is 21.8. The van der Waals surface area contributed by atoms with Crippen molar-refractivity contribution in [2.24, 2.45) is 0 Å². The van der Waals surface area contributed by atoms with E-state index in [4.69, 9.17) is 0 Å². The fourth-order valence-corrected chi connectivity index (χ4v) is 9.50. The Hall–Kier alpha value is -6.44. The first kappa shape index (κ1) is 28.4. The number of benzene rings is 8. The van der Waals surface area contributed by atoms with Gasteiger partial charge in [0.2, 0.25) is 0 Å². The Kier molecular flexibility index (Phi) is 6.00. The normalized spacial score (nSPS) is 13.6. The first-order valence-corrected chi connectivity index (χ1v) is 17.9. The van der Waals surface area contributed by atoms with E-state index in [9.17, 15) is 0 Å². The molecule has 0 bridgehead atoms. The smallest absolute Gasteiger partial charge is 0.0726 e. The lowest BCUT2D eigenvalue weighted by molar-refractivity contribution is 0.794. The summed E-state index contributed by atoms with van der Waals surface area (Å²) in [6, 6.07) is 69.9. The molecule has 11 rings (SSSR count). The van der Waals surface area contributed by atoms with Crippen LogP contribution in [0, 0.1) is 0 Å². The molecule has 0 radical (unpaired) electrons.